The Labute approximate surface area is 365 Å². The summed E-state index contributed by atoms with van der Waals surface area (Å²) < 4.78 is 101. The second-order valence-corrected chi connectivity index (χ2v) is 18.2. The molecule has 309 valence electrons. The molecule has 0 atom stereocenters. The number of nitrogen functional groups attached to an aromatic ring is 1. The minimum atomic E-state index is -4.52. The normalized spacial score (nSPS) is 12.6. The van der Waals surface area contributed by atoms with E-state index in [1.165, 1.54) is 48.5 Å². The molecule has 0 spiro atoms. The molecule has 5 N–H and O–H groups in total. The van der Waals surface area contributed by atoms with E-state index in [9.17, 15) is 38.9 Å². The molecule has 1 radical (unpaired) electrons. The van der Waals surface area contributed by atoms with E-state index in [4.69, 9.17) is 25.7 Å². The van der Waals surface area contributed by atoms with Crippen molar-refractivity contribution >= 4 is 82.4 Å². The van der Waals surface area contributed by atoms with Crippen molar-refractivity contribution in [1.82, 2.24) is 19.9 Å². The first kappa shape index (κ1) is 42.2. The Bertz CT molecular complexity index is 3460. The topological polar surface area (TPSA) is 243 Å². The Hall–Kier alpha value is -6.47. The van der Waals surface area contributed by atoms with Crippen molar-refractivity contribution < 1.29 is 56.0 Å². The van der Waals surface area contributed by atoms with Gasteiger partial charge in [-0.2, -0.15) is 25.3 Å². The average molecular weight is 923 g/mol. The third-order valence-electron chi connectivity index (χ3n) is 10.1. The SMILES string of the molecule is Nc1ccc(-c2c3nc(c(-c4ccc(S(=O)(=O)O)cc4)c4ccc([n-]4)c(-c4ccc(S(=O)(=O)O)cc4)c4nc(c(-c5ccc(S(=O)(=O)O)cc5)c5ccc2[n-]5)C=C4)C=C3)cc1.[Mn+2]. The maximum absolute atomic E-state index is 12.0. The molecule has 62 heavy (non-hydrogen) atoms. The number of nitrogens with two attached hydrogens (primary N) is 1. The van der Waals surface area contributed by atoms with Gasteiger partial charge in [-0.05, 0) is 117 Å². The summed E-state index contributed by atoms with van der Waals surface area (Å²) in [6, 6.07) is 31.1. The van der Waals surface area contributed by atoms with E-state index in [2.05, 4.69) is 0 Å². The minimum Gasteiger partial charge on any atom is -0.657 e. The fourth-order valence-corrected chi connectivity index (χ4v) is 8.74. The second kappa shape index (κ2) is 15.8. The van der Waals surface area contributed by atoms with E-state index >= 15 is 0 Å². The maximum Gasteiger partial charge on any atom is 2.00 e. The fourth-order valence-electron chi connectivity index (χ4n) is 7.30. The summed E-state index contributed by atoms with van der Waals surface area (Å²) in [6.07, 6.45) is 7.13. The predicted octanol–water partition coefficient (Wildman–Crippen LogP) is 7.90. The largest absolute Gasteiger partial charge is 2.00 e. The van der Waals surface area contributed by atoms with Gasteiger partial charge in [-0.3, -0.25) is 13.7 Å². The van der Waals surface area contributed by atoms with Gasteiger partial charge in [-0.25, -0.2) is 9.97 Å². The zero-order chi connectivity index (χ0) is 42.8. The first-order chi connectivity index (χ1) is 29.0. The van der Waals surface area contributed by atoms with Crippen LogP contribution >= 0.6 is 0 Å². The van der Waals surface area contributed by atoms with Crippen molar-refractivity contribution in [3.8, 4) is 44.5 Å². The zero-order valence-electron chi connectivity index (χ0n) is 31.6. The number of nitrogens with zero attached hydrogens (tertiary/aromatic N) is 4. The molecule has 5 heterocycles. The summed E-state index contributed by atoms with van der Waals surface area (Å²) in [5.74, 6) is 0. The van der Waals surface area contributed by atoms with Crippen LogP contribution in [0.3, 0.4) is 0 Å². The smallest absolute Gasteiger partial charge is 0.657 e. The van der Waals surface area contributed by atoms with E-state index in [1.807, 2.05) is 24.3 Å². The van der Waals surface area contributed by atoms with Crippen molar-refractivity contribution in [2.45, 2.75) is 14.7 Å². The molecule has 14 nitrogen and oxygen atoms in total. The number of rotatable bonds is 7. The number of hydrogen-bond acceptors (Lipinski definition) is 9. The number of anilines is 1. The molecule has 18 heteroatoms. The Kier molecular flexibility index (Phi) is 10.7. The van der Waals surface area contributed by atoms with Gasteiger partial charge in [-0.15, -0.1) is 22.1 Å². The zero-order valence-corrected chi connectivity index (χ0v) is 35.2. The molecular weight excluding hydrogens is 894 g/mol. The molecule has 0 fully saturated rings. The van der Waals surface area contributed by atoms with Crippen LogP contribution in [-0.2, 0) is 47.4 Å². The van der Waals surface area contributed by atoms with Gasteiger partial charge < -0.3 is 15.7 Å². The van der Waals surface area contributed by atoms with Crippen LogP contribution in [0.2, 0.25) is 0 Å². The Morgan fingerprint density at radius 3 is 0.823 bits per heavy atom. The van der Waals surface area contributed by atoms with Crippen LogP contribution in [0.25, 0.3) is 90.9 Å². The van der Waals surface area contributed by atoms with Gasteiger partial charge >= 0.3 is 17.1 Å². The summed E-state index contributed by atoms with van der Waals surface area (Å²) >= 11 is 0. The van der Waals surface area contributed by atoms with Crippen LogP contribution in [-0.4, -0.2) is 48.9 Å². The molecule has 0 saturated heterocycles. The molecule has 9 rings (SSSR count). The molecule has 4 aromatic carbocycles. The number of aromatic nitrogens is 4. The van der Waals surface area contributed by atoms with Crippen LogP contribution < -0.4 is 15.7 Å². The molecule has 0 amide bonds. The van der Waals surface area contributed by atoms with Crippen molar-refractivity contribution in [1.29, 1.82) is 0 Å². The van der Waals surface area contributed by atoms with Crippen molar-refractivity contribution in [3.05, 3.63) is 144 Å². The Balaban J connectivity index is 0.00000529. The third kappa shape index (κ3) is 8.04. The van der Waals surface area contributed by atoms with Crippen LogP contribution in [0, 0.1) is 0 Å². The van der Waals surface area contributed by atoms with E-state index in [0.717, 1.165) is 5.56 Å². The van der Waals surface area contributed by atoms with Gasteiger partial charge in [0.2, 0.25) is 0 Å². The van der Waals surface area contributed by atoms with Crippen molar-refractivity contribution in [2.24, 2.45) is 0 Å². The monoisotopic (exact) mass is 922 g/mol. The Morgan fingerprint density at radius 1 is 0.371 bits per heavy atom. The van der Waals surface area contributed by atoms with Gasteiger partial charge in [0.1, 0.15) is 0 Å². The molecule has 0 saturated carbocycles. The second-order valence-electron chi connectivity index (χ2n) is 14.0. The van der Waals surface area contributed by atoms with Gasteiger partial charge in [0.25, 0.3) is 30.4 Å². The van der Waals surface area contributed by atoms with Crippen LogP contribution in [0.15, 0.2) is 136 Å². The number of fused-ring (bicyclic) bond motifs is 8. The summed E-state index contributed by atoms with van der Waals surface area (Å²) in [5, 5.41) is 0. The summed E-state index contributed by atoms with van der Waals surface area (Å²) in [7, 11) is -13.5. The standard InChI is InChI=1S/C44H29N5O9S3.Mn/c45-29-9-1-25(2-10-29)41-33-17-19-35(46-33)42(26-3-11-30(12-4-26)59(50,51)52)37-21-23-39(48-37)44(28-7-15-32(16-8-28)61(56,57)58)40-24-22-38(49-40)43(36-20-18-34(41)47-36)27-5-13-31(14-6-27)60(53,54)55;/h1-24H,45H2,(H,50,51,52)(H,53,54,55)(H,56,57,58);/q-2;+2. The van der Waals surface area contributed by atoms with Crippen LogP contribution in [0.4, 0.5) is 5.69 Å². The fraction of sp³-hybridized carbons (Fsp3) is 0. The first-order valence-corrected chi connectivity index (χ1v) is 22.5. The summed E-state index contributed by atoms with van der Waals surface area (Å²) in [6.45, 7) is 0. The van der Waals surface area contributed by atoms with Gasteiger partial charge in [0.15, 0.2) is 0 Å². The van der Waals surface area contributed by atoms with Crippen LogP contribution in [0.5, 0.6) is 0 Å². The Morgan fingerprint density at radius 2 is 0.597 bits per heavy atom. The molecule has 3 aromatic heterocycles. The molecule has 7 aromatic rings. The van der Waals surface area contributed by atoms with E-state index in [-0.39, 0.29) is 31.8 Å². The maximum atomic E-state index is 12.0. The summed E-state index contributed by atoms with van der Waals surface area (Å²) in [5.41, 5.74) is 14.7. The van der Waals surface area contributed by atoms with Crippen LogP contribution in [0.1, 0.15) is 22.8 Å². The van der Waals surface area contributed by atoms with E-state index in [0.29, 0.717) is 89.5 Å². The minimum absolute atomic E-state index is 0. The summed E-state index contributed by atoms with van der Waals surface area (Å²) in [4.78, 5) is 19.4. The van der Waals surface area contributed by atoms with E-state index < -0.39 is 30.4 Å². The quantitative estimate of drug-likeness (QED) is 0.0675. The molecule has 2 aliphatic rings. The third-order valence-corrected chi connectivity index (χ3v) is 12.7. The predicted molar refractivity (Wildman–Crippen MR) is 232 cm³/mol. The molecule has 0 unspecified atom stereocenters. The molecule has 8 bridgehead atoms. The number of hydrogen-bond donors (Lipinski definition) is 4. The number of benzene rings is 4. The molecule has 2 aliphatic heterocycles. The molecular formula is C44H29MnN5O9S3. The van der Waals surface area contributed by atoms with Gasteiger partial charge in [0, 0.05) is 5.69 Å². The van der Waals surface area contributed by atoms with Crippen molar-refractivity contribution in [2.75, 3.05) is 5.73 Å². The molecule has 0 aliphatic carbocycles. The van der Waals surface area contributed by atoms with Crippen molar-refractivity contribution in [3.63, 3.8) is 0 Å². The van der Waals surface area contributed by atoms with Gasteiger partial charge in [0.05, 0.1) is 37.5 Å². The van der Waals surface area contributed by atoms with E-state index in [1.54, 1.807) is 72.8 Å². The van der Waals surface area contributed by atoms with Gasteiger partial charge in [-0.1, -0.05) is 72.8 Å². The first-order valence-electron chi connectivity index (χ1n) is 18.2. The average Bonchev–Trinajstić information content (AvgIpc) is 4.06.